The van der Waals surface area contributed by atoms with Gasteiger partial charge in [0.1, 0.15) is 11.6 Å². The van der Waals surface area contributed by atoms with Gasteiger partial charge >= 0.3 is 0 Å². The van der Waals surface area contributed by atoms with Crippen molar-refractivity contribution in [3.05, 3.63) is 35.4 Å². The van der Waals surface area contributed by atoms with Crippen molar-refractivity contribution in [1.29, 1.82) is 0 Å². The van der Waals surface area contributed by atoms with Crippen molar-refractivity contribution in [1.82, 2.24) is 5.32 Å². The summed E-state index contributed by atoms with van der Waals surface area (Å²) in [5, 5.41) is 3.25. The van der Waals surface area contributed by atoms with E-state index in [-0.39, 0.29) is 12.0 Å². The van der Waals surface area contributed by atoms with Gasteiger partial charge in [-0.1, -0.05) is 22.0 Å². The SMILES string of the molecule is CC(C)(CBr)NC(=O)Cc1c(F)cccc1F. The van der Waals surface area contributed by atoms with Gasteiger partial charge in [0.25, 0.3) is 0 Å². The molecule has 1 aromatic rings. The molecule has 0 atom stereocenters. The summed E-state index contributed by atoms with van der Waals surface area (Å²) in [6.07, 6.45) is -0.297. The van der Waals surface area contributed by atoms with E-state index in [1.54, 1.807) is 0 Å². The normalized spacial score (nSPS) is 11.4. The standard InChI is InChI=1S/C12H14BrF2NO/c1-12(2,7-13)16-11(17)6-8-9(14)4-3-5-10(8)15/h3-5H,6-7H2,1-2H3,(H,16,17). The third-order valence-electron chi connectivity index (χ3n) is 2.21. The average molecular weight is 306 g/mol. The highest BCUT2D eigenvalue weighted by Crippen LogP contribution is 2.13. The van der Waals surface area contributed by atoms with Gasteiger partial charge < -0.3 is 5.32 Å². The highest BCUT2D eigenvalue weighted by Gasteiger charge is 2.20. The first-order valence-corrected chi connectivity index (χ1v) is 6.28. The van der Waals surface area contributed by atoms with Crippen LogP contribution in [0.15, 0.2) is 18.2 Å². The molecule has 0 unspecified atom stereocenters. The highest BCUT2D eigenvalue weighted by molar-refractivity contribution is 9.09. The second-order valence-electron chi connectivity index (χ2n) is 4.44. The lowest BCUT2D eigenvalue weighted by molar-refractivity contribution is -0.121. The molecule has 0 saturated carbocycles. The molecule has 5 heteroatoms. The van der Waals surface area contributed by atoms with Gasteiger partial charge in [0, 0.05) is 16.4 Å². The number of carbonyl (C=O) groups excluding carboxylic acids is 1. The highest BCUT2D eigenvalue weighted by atomic mass is 79.9. The molecule has 0 aliphatic heterocycles. The van der Waals surface area contributed by atoms with Crippen molar-refractivity contribution < 1.29 is 13.6 Å². The Kier molecular flexibility index (Phi) is 4.62. The van der Waals surface area contributed by atoms with E-state index in [0.29, 0.717) is 5.33 Å². The summed E-state index contributed by atoms with van der Waals surface area (Å²) in [6.45, 7) is 3.63. The Morgan fingerprint density at radius 2 is 1.88 bits per heavy atom. The van der Waals surface area contributed by atoms with Crippen LogP contribution >= 0.6 is 15.9 Å². The molecule has 2 nitrogen and oxygen atoms in total. The Balaban J connectivity index is 2.75. The minimum atomic E-state index is -0.697. The van der Waals surface area contributed by atoms with Crippen LogP contribution in [0.25, 0.3) is 0 Å². The number of amides is 1. The lowest BCUT2D eigenvalue weighted by atomic mass is 10.1. The van der Waals surface area contributed by atoms with Gasteiger partial charge in [0.15, 0.2) is 0 Å². The van der Waals surface area contributed by atoms with E-state index >= 15 is 0 Å². The minimum Gasteiger partial charge on any atom is -0.350 e. The number of benzene rings is 1. The van der Waals surface area contributed by atoms with Crippen LogP contribution in [0.2, 0.25) is 0 Å². The fraction of sp³-hybridized carbons (Fsp3) is 0.417. The van der Waals surface area contributed by atoms with E-state index in [0.717, 1.165) is 12.1 Å². The van der Waals surface area contributed by atoms with Gasteiger partial charge in [0.2, 0.25) is 5.91 Å². The predicted molar refractivity (Wildman–Crippen MR) is 66.1 cm³/mol. The molecule has 0 heterocycles. The van der Waals surface area contributed by atoms with E-state index in [4.69, 9.17) is 0 Å². The zero-order chi connectivity index (χ0) is 13.1. The van der Waals surface area contributed by atoms with Gasteiger partial charge in [0.05, 0.1) is 6.42 Å². The minimum absolute atomic E-state index is 0.199. The van der Waals surface area contributed by atoms with Crippen molar-refractivity contribution in [3.63, 3.8) is 0 Å². The number of carbonyl (C=O) groups is 1. The monoisotopic (exact) mass is 305 g/mol. The number of hydrogen-bond acceptors (Lipinski definition) is 1. The molecule has 0 radical (unpaired) electrons. The molecule has 1 N–H and O–H groups in total. The average Bonchev–Trinajstić information content (AvgIpc) is 2.23. The molecule has 94 valence electrons. The van der Waals surface area contributed by atoms with E-state index in [1.165, 1.54) is 6.07 Å². The van der Waals surface area contributed by atoms with Gasteiger partial charge in [-0.2, -0.15) is 0 Å². The molecule has 1 amide bonds. The summed E-state index contributed by atoms with van der Waals surface area (Å²) in [5.41, 5.74) is -0.644. The van der Waals surface area contributed by atoms with Crippen molar-refractivity contribution in [2.75, 3.05) is 5.33 Å². The van der Waals surface area contributed by atoms with Crippen molar-refractivity contribution in [2.24, 2.45) is 0 Å². The molecular formula is C12H14BrF2NO. The van der Waals surface area contributed by atoms with Crippen molar-refractivity contribution in [2.45, 2.75) is 25.8 Å². The van der Waals surface area contributed by atoms with Gasteiger partial charge in [-0.3, -0.25) is 4.79 Å². The van der Waals surface area contributed by atoms with E-state index in [1.807, 2.05) is 13.8 Å². The van der Waals surface area contributed by atoms with E-state index in [2.05, 4.69) is 21.2 Å². The predicted octanol–water partition coefficient (Wildman–Crippen LogP) is 2.80. The van der Waals surface area contributed by atoms with Crippen LogP contribution in [0.3, 0.4) is 0 Å². The number of nitrogens with one attached hydrogen (secondary N) is 1. The van der Waals surface area contributed by atoms with E-state index in [9.17, 15) is 13.6 Å². The zero-order valence-corrected chi connectivity index (χ0v) is 11.3. The largest absolute Gasteiger partial charge is 0.350 e. The molecule has 0 aromatic heterocycles. The van der Waals surface area contributed by atoms with Crippen LogP contribution in [0, 0.1) is 11.6 Å². The quantitative estimate of drug-likeness (QED) is 0.852. The molecular weight excluding hydrogens is 292 g/mol. The summed E-state index contributed by atoms with van der Waals surface area (Å²) in [4.78, 5) is 11.6. The summed E-state index contributed by atoms with van der Waals surface area (Å²) in [7, 11) is 0. The number of hydrogen-bond donors (Lipinski definition) is 1. The van der Waals surface area contributed by atoms with Crippen LogP contribution in [0.4, 0.5) is 8.78 Å². The molecule has 0 fully saturated rings. The van der Waals surface area contributed by atoms with Gasteiger partial charge in [-0.25, -0.2) is 8.78 Å². The lowest BCUT2D eigenvalue weighted by Crippen LogP contribution is -2.45. The van der Waals surface area contributed by atoms with Crippen molar-refractivity contribution >= 4 is 21.8 Å². The number of halogens is 3. The maximum absolute atomic E-state index is 13.3. The maximum Gasteiger partial charge on any atom is 0.225 e. The Morgan fingerprint density at radius 3 is 2.35 bits per heavy atom. The molecule has 17 heavy (non-hydrogen) atoms. The summed E-state index contributed by atoms with van der Waals surface area (Å²) >= 11 is 3.25. The summed E-state index contributed by atoms with van der Waals surface area (Å²) in [6, 6.07) is 3.55. The Morgan fingerprint density at radius 1 is 1.35 bits per heavy atom. The molecule has 1 rings (SSSR count). The second kappa shape index (κ2) is 5.58. The smallest absolute Gasteiger partial charge is 0.225 e. The van der Waals surface area contributed by atoms with Gasteiger partial charge in [-0.15, -0.1) is 0 Å². The summed E-state index contributed by atoms with van der Waals surface area (Å²) < 4.78 is 26.6. The first-order valence-electron chi connectivity index (χ1n) is 5.15. The Labute approximate surface area is 108 Å². The molecule has 0 saturated heterocycles. The van der Waals surface area contributed by atoms with Crippen molar-refractivity contribution in [3.8, 4) is 0 Å². The van der Waals surface area contributed by atoms with Crippen LogP contribution in [0.5, 0.6) is 0 Å². The maximum atomic E-state index is 13.3. The second-order valence-corrected chi connectivity index (χ2v) is 5.00. The third-order valence-corrected chi connectivity index (χ3v) is 3.61. The fourth-order valence-corrected chi connectivity index (χ4v) is 1.46. The van der Waals surface area contributed by atoms with Crippen LogP contribution in [0.1, 0.15) is 19.4 Å². The van der Waals surface area contributed by atoms with Crippen LogP contribution < -0.4 is 5.32 Å². The zero-order valence-electron chi connectivity index (χ0n) is 9.69. The Bertz CT molecular complexity index is 401. The topological polar surface area (TPSA) is 29.1 Å². The molecule has 0 aliphatic carbocycles. The molecule has 0 aliphatic rings. The summed E-state index contributed by atoms with van der Waals surface area (Å²) in [5.74, 6) is -1.80. The van der Waals surface area contributed by atoms with Crippen LogP contribution in [-0.4, -0.2) is 16.8 Å². The third kappa shape index (κ3) is 4.07. The number of alkyl halides is 1. The van der Waals surface area contributed by atoms with Crippen LogP contribution in [-0.2, 0) is 11.2 Å². The van der Waals surface area contributed by atoms with Gasteiger partial charge in [-0.05, 0) is 26.0 Å². The first kappa shape index (κ1) is 14.1. The molecule has 1 aromatic carbocycles. The fourth-order valence-electron chi connectivity index (χ4n) is 1.32. The number of rotatable bonds is 4. The first-order chi connectivity index (χ1) is 7.85. The molecule has 0 spiro atoms. The van der Waals surface area contributed by atoms with E-state index < -0.39 is 23.1 Å². The lowest BCUT2D eigenvalue weighted by Gasteiger charge is -2.23. The molecule has 0 bridgehead atoms. The Hall–Kier alpha value is -0.970.